The molecule has 0 amide bonds. The van der Waals surface area contributed by atoms with Crippen molar-refractivity contribution in [3.05, 3.63) is 115 Å². The maximum Gasteiger partial charge on any atom is 0.128 e. The van der Waals surface area contributed by atoms with Crippen LogP contribution in [0.3, 0.4) is 0 Å². The van der Waals surface area contributed by atoms with Crippen LogP contribution in [0.2, 0.25) is 0 Å². The summed E-state index contributed by atoms with van der Waals surface area (Å²) in [6, 6.07) is 38.7. The fourth-order valence-corrected chi connectivity index (χ4v) is 4.12. The molecule has 0 aliphatic rings. The molecule has 0 radical (unpaired) electrons. The second kappa shape index (κ2) is 10.1. The van der Waals surface area contributed by atoms with Crippen molar-refractivity contribution in [2.24, 2.45) is 0 Å². The molecule has 5 aromatic rings. The molecule has 1 N–H and O–H groups in total. The van der Waals surface area contributed by atoms with E-state index in [9.17, 15) is 0 Å². The predicted octanol–water partition coefficient (Wildman–Crippen LogP) is 7.84. The summed E-state index contributed by atoms with van der Waals surface area (Å²) < 4.78 is 11.3. The van der Waals surface area contributed by atoms with E-state index < -0.39 is 0 Å². The molecule has 0 spiro atoms. The van der Waals surface area contributed by atoms with E-state index >= 15 is 0 Å². The summed E-state index contributed by atoms with van der Waals surface area (Å²) in [4.78, 5) is 5.02. The van der Waals surface area contributed by atoms with Crippen molar-refractivity contribution in [1.29, 1.82) is 0 Å². The van der Waals surface area contributed by atoms with Gasteiger partial charge in [0.1, 0.15) is 11.5 Å². The number of hydrogen-bond donors (Lipinski definition) is 1. The highest BCUT2D eigenvalue weighted by Crippen LogP contribution is 2.37. The third kappa shape index (κ3) is 4.87. The molecule has 1 aromatic heterocycles. The van der Waals surface area contributed by atoms with Crippen LogP contribution in [0, 0.1) is 0 Å². The zero-order chi connectivity index (χ0) is 24.0. The van der Waals surface area contributed by atoms with Gasteiger partial charge in [-0.2, -0.15) is 0 Å². The van der Waals surface area contributed by atoms with Crippen molar-refractivity contribution >= 4 is 11.4 Å². The second-order valence-electron chi connectivity index (χ2n) is 8.10. The van der Waals surface area contributed by atoms with E-state index in [1.165, 1.54) is 0 Å². The van der Waals surface area contributed by atoms with E-state index in [1.807, 2.05) is 66.7 Å². The smallest absolute Gasteiger partial charge is 0.128 e. The summed E-state index contributed by atoms with van der Waals surface area (Å²) in [6.45, 7) is 0. The zero-order valence-electron chi connectivity index (χ0n) is 19.7. The van der Waals surface area contributed by atoms with Gasteiger partial charge in [-0.25, -0.2) is 4.98 Å². The molecule has 0 atom stereocenters. The van der Waals surface area contributed by atoms with Crippen LogP contribution in [0.25, 0.3) is 33.6 Å². The molecule has 0 aliphatic carbocycles. The Morgan fingerprint density at radius 3 is 1.54 bits per heavy atom. The molecule has 0 saturated heterocycles. The van der Waals surface area contributed by atoms with Crippen LogP contribution < -0.4 is 14.8 Å². The Kier molecular flexibility index (Phi) is 6.44. The Balaban J connectivity index is 1.60. The average molecular weight is 459 g/mol. The van der Waals surface area contributed by atoms with Gasteiger partial charge < -0.3 is 14.8 Å². The van der Waals surface area contributed by atoms with E-state index in [0.29, 0.717) is 0 Å². The van der Waals surface area contributed by atoms with Crippen LogP contribution >= 0.6 is 0 Å². The molecule has 0 unspecified atom stereocenters. The molecule has 0 bridgehead atoms. The lowest BCUT2D eigenvalue weighted by Gasteiger charge is -2.14. The number of benzene rings is 4. The second-order valence-corrected chi connectivity index (χ2v) is 8.10. The Bertz CT molecular complexity index is 1360. The maximum absolute atomic E-state index is 5.64. The summed E-state index contributed by atoms with van der Waals surface area (Å²) in [5, 5.41) is 3.44. The highest BCUT2D eigenvalue weighted by Gasteiger charge is 2.14. The normalized spacial score (nSPS) is 10.6. The summed E-state index contributed by atoms with van der Waals surface area (Å²) in [5.74, 6) is 1.57. The van der Waals surface area contributed by atoms with Crippen molar-refractivity contribution in [2.45, 2.75) is 0 Å². The van der Waals surface area contributed by atoms with Crippen molar-refractivity contribution in [2.75, 3.05) is 19.5 Å². The molecule has 0 fully saturated rings. The molecule has 4 aromatic carbocycles. The number of nitrogens with zero attached hydrogens (tertiary/aromatic N) is 1. The topological polar surface area (TPSA) is 43.4 Å². The minimum Gasteiger partial charge on any atom is -0.496 e. The first-order valence-corrected chi connectivity index (χ1v) is 11.5. The molecule has 0 saturated carbocycles. The van der Waals surface area contributed by atoms with Gasteiger partial charge in [0.2, 0.25) is 0 Å². The minimum absolute atomic E-state index is 0.783. The molecule has 4 nitrogen and oxygen atoms in total. The van der Waals surface area contributed by atoms with Crippen LogP contribution in [0.1, 0.15) is 0 Å². The fourth-order valence-electron chi connectivity index (χ4n) is 4.12. The number of nitrogens with one attached hydrogen (secondary N) is 1. The first-order valence-electron chi connectivity index (χ1n) is 11.5. The molecule has 35 heavy (non-hydrogen) atoms. The summed E-state index contributed by atoms with van der Waals surface area (Å²) in [6.07, 6.45) is 0. The van der Waals surface area contributed by atoms with Crippen molar-refractivity contribution < 1.29 is 9.47 Å². The van der Waals surface area contributed by atoms with Gasteiger partial charge in [-0.05, 0) is 71.8 Å². The third-order valence-electron chi connectivity index (χ3n) is 5.87. The minimum atomic E-state index is 0.783. The highest BCUT2D eigenvalue weighted by molar-refractivity contribution is 5.80. The monoisotopic (exact) mass is 458 g/mol. The lowest BCUT2D eigenvalue weighted by Crippen LogP contribution is -1.95. The standard InChI is InChI=1S/C31H26N2O2/c1-34-30-14-8-6-12-26(30)28-20-23(21-29(33-28)27-13-7-9-15-31(27)35-2)22-16-18-25(19-17-22)32-24-10-4-3-5-11-24/h3-21,32H,1-2H3. The van der Waals surface area contributed by atoms with E-state index in [0.717, 1.165) is 56.5 Å². The first-order chi connectivity index (χ1) is 17.2. The third-order valence-corrected chi connectivity index (χ3v) is 5.87. The van der Waals surface area contributed by atoms with Crippen molar-refractivity contribution in [3.63, 3.8) is 0 Å². The van der Waals surface area contributed by atoms with Gasteiger partial charge in [0.25, 0.3) is 0 Å². The van der Waals surface area contributed by atoms with Gasteiger partial charge in [-0.15, -0.1) is 0 Å². The van der Waals surface area contributed by atoms with Gasteiger partial charge in [0.15, 0.2) is 0 Å². The van der Waals surface area contributed by atoms with Crippen LogP contribution in [-0.2, 0) is 0 Å². The van der Waals surface area contributed by atoms with E-state index in [-0.39, 0.29) is 0 Å². The van der Waals surface area contributed by atoms with Gasteiger partial charge in [0, 0.05) is 22.5 Å². The zero-order valence-corrected chi connectivity index (χ0v) is 19.7. The van der Waals surface area contributed by atoms with E-state index in [2.05, 4.69) is 53.8 Å². The quantitative estimate of drug-likeness (QED) is 0.270. The largest absolute Gasteiger partial charge is 0.496 e. The van der Waals surface area contributed by atoms with Crippen LogP contribution in [0.4, 0.5) is 11.4 Å². The number of para-hydroxylation sites is 3. The number of aromatic nitrogens is 1. The molecule has 4 heteroatoms. The number of methoxy groups -OCH3 is 2. The van der Waals surface area contributed by atoms with Crippen LogP contribution in [0.15, 0.2) is 115 Å². The van der Waals surface area contributed by atoms with E-state index in [4.69, 9.17) is 14.5 Å². The van der Waals surface area contributed by atoms with Gasteiger partial charge >= 0.3 is 0 Å². The van der Waals surface area contributed by atoms with Gasteiger partial charge in [0.05, 0.1) is 25.6 Å². The molecule has 0 aliphatic heterocycles. The van der Waals surface area contributed by atoms with Gasteiger partial charge in [-0.1, -0.05) is 54.6 Å². The number of ether oxygens (including phenoxy) is 2. The summed E-state index contributed by atoms with van der Waals surface area (Å²) in [7, 11) is 3.37. The van der Waals surface area contributed by atoms with Crippen LogP contribution in [0.5, 0.6) is 11.5 Å². The highest BCUT2D eigenvalue weighted by atomic mass is 16.5. The lowest BCUT2D eigenvalue weighted by molar-refractivity contribution is 0.416. The lowest BCUT2D eigenvalue weighted by atomic mass is 9.99. The number of rotatable bonds is 7. The summed E-state index contributed by atoms with van der Waals surface area (Å²) >= 11 is 0. The molecule has 5 rings (SSSR count). The number of anilines is 2. The van der Waals surface area contributed by atoms with Crippen LogP contribution in [-0.4, -0.2) is 19.2 Å². The van der Waals surface area contributed by atoms with Crippen molar-refractivity contribution in [1.82, 2.24) is 4.98 Å². The Morgan fingerprint density at radius 2 is 1.00 bits per heavy atom. The van der Waals surface area contributed by atoms with E-state index in [1.54, 1.807) is 14.2 Å². The molecular formula is C31H26N2O2. The molecule has 1 heterocycles. The first kappa shape index (κ1) is 22.2. The Labute approximate surface area is 205 Å². The molecular weight excluding hydrogens is 432 g/mol. The Morgan fingerprint density at radius 1 is 0.514 bits per heavy atom. The summed E-state index contributed by atoms with van der Waals surface area (Å²) in [5.41, 5.74) is 7.81. The Hall–Kier alpha value is -4.57. The number of hydrogen-bond acceptors (Lipinski definition) is 4. The van der Waals surface area contributed by atoms with Gasteiger partial charge in [-0.3, -0.25) is 0 Å². The predicted molar refractivity (Wildman–Crippen MR) is 143 cm³/mol. The molecule has 172 valence electrons. The average Bonchev–Trinajstić information content (AvgIpc) is 2.93. The maximum atomic E-state index is 5.64. The SMILES string of the molecule is COc1ccccc1-c1cc(-c2ccc(Nc3ccccc3)cc2)cc(-c2ccccc2OC)n1. The fraction of sp³-hybridized carbons (Fsp3) is 0.0645. The van der Waals surface area contributed by atoms with Crippen molar-refractivity contribution in [3.8, 4) is 45.1 Å². The number of pyridine rings is 1.